The van der Waals surface area contributed by atoms with E-state index in [4.69, 9.17) is 17.2 Å². The lowest BCUT2D eigenvalue weighted by molar-refractivity contribution is -0.384. The van der Waals surface area contributed by atoms with Crippen LogP contribution in [0.4, 0.5) is 11.4 Å². The minimum atomic E-state index is -0.379. The summed E-state index contributed by atoms with van der Waals surface area (Å²) < 4.78 is 2.54. The Labute approximate surface area is 243 Å². The molecule has 6 rings (SSSR count). The van der Waals surface area contributed by atoms with Crippen LogP contribution in [0.25, 0.3) is 0 Å². The van der Waals surface area contributed by atoms with E-state index in [2.05, 4.69) is 65.0 Å². The largest absolute Gasteiger partial charge is 0.351 e. The summed E-state index contributed by atoms with van der Waals surface area (Å²) in [4.78, 5) is 19.5. The molecule has 2 aliphatic rings. The van der Waals surface area contributed by atoms with Crippen LogP contribution in [-0.2, 0) is 0 Å². The molecule has 2 fully saturated rings. The van der Waals surface area contributed by atoms with Crippen molar-refractivity contribution in [1.82, 2.24) is 14.9 Å². The molecule has 7 nitrogen and oxygen atoms in total. The zero-order chi connectivity index (χ0) is 27.8. The topological polar surface area (TPSA) is 76.2 Å². The first-order valence-corrected chi connectivity index (χ1v) is 14.8. The molecule has 0 spiro atoms. The Morgan fingerprint density at radius 2 is 1.68 bits per heavy atom. The molecule has 0 amide bonds. The van der Waals surface area contributed by atoms with E-state index in [0.29, 0.717) is 11.2 Å². The number of nitro benzene ring substituents is 1. The van der Waals surface area contributed by atoms with Crippen LogP contribution in [0.3, 0.4) is 0 Å². The lowest BCUT2D eigenvalue weighted by Crippen LogP contribution is -2.29. The highest BCUT2D eigenvalue weighted by Gasteiger charge is 2.42. The van der Waals surface area contributed by atoms with Gasteiger partial charge in [-0.3, -0.25) is 15.1 Å². The molecule has 0 unspecified atom stereocenters. The average molecular weight is 570 g/mol. The minimum absolute atomic E-state index is 0.0445. The second kappa shape index (κ2) is 11.1. The van der Waals surface area contributed by atoms with Gasteiger partial charge in [0, 0.05) is 51.2 Å². The maximum Gasteiger partial charge on any atom is 0.269 e. The lowest BCUT2D eigenvalue weighted by Gasteiger charge is -2.28. The summed E-state index contributed by atoms with van der Waals surface area (Å²) in [6.45, 7) is 4.47. The van der Waals surface area contributed by atoms with Crippen molar-refractivity contribution in [2.24, 2.45) is 0 Å². The normalized spacial score (nSPS) is 19.2. The van der Waals surface area contributed by atoms with Gasteiger partial charge in [0.1, 0.15) is 0 Å². The van der Waals surface area contributed by atoms with E-state index in [0.717, 1.165) is 21.2 Å². The minimum Gasteiger partial charge on any atom is -0.351 e. The molecule has 3 heterocycles. The standard InChI is InChI=1S/C31H31N5O2S2/c1-20-19-27(21(2)34(20)22-7-3-4-8-22)30-29(28-9-5-6-18-32-28)33-31(39)35(30)23-10-14-25(15-11-23)40-26-16-12-24(13-17-26)36(37)38/h5-6,9-19,22,29-30H,3-4,7-8H2,1-2H3,(H,33,39)/t29-,30-/m0/s1. The number of non-ortho nitro benzene ring substituents is 1. The Bertz CT molecular complexity index is 1530. The van der Waals surface area contributed by atoms with Crippen molar-refractivity contribution in [2.45, 2.75) is 67.4 Å². The molecule has 1 aliphatic heterocycles. The third-order valence-electron chi connectivity index (χ3n) is 8.03. The SMILES string of the molecule is Cc1cc([C@H]2[C@H](c3ccccn3)NC(=S)N2c2ccc(Sc3ccc([N+](=O)[O-])cc3)cc2)c(C)n1C1CCCC1. The van der Waals surface area contributed by atoms with Crippen LogP contribution >= 0.6 is 24.0 Å². The van der Waals surface area contributed by atoms with E-state index < -0.39 is 0 Å². The van der Waals surface area contributed by atoms with Crippen molar-refractivity contribution in [3.05, 3.63) is 112 Å². The zero-order valence-electron chi connectivity index (χ0n) is 22.5. The van der Waals surface area contributed by atoms with Gasteiger partial charge in [-0.15, -0.1) is 0 Å². The number of benzene rings is 2. The predicted octanol–water partition coefficient (Wildman–Crippen LogP) is 7.85. The van der Waals surface area contributed by atoms with Crippen LogP contribution < -0.4 is 10.2 Å². The maximum absolute atomic E-state index is 11.0. The highest BCUT2D eigenvalue weighted by Crippen LogP contribution is 2.45. The number of aryl methyl sites for hydroxylation is 1. The first-order chi connectivity index (χ1) is 19.4. The molecule has 40 heavy (non-hydrogen) atoms. The van der Waals surface area contributed by atoms with Gasteiger partial charge in [-0.2, -0.15) is 0 Å². The Hall–Kier alpha value is -3.69. The lowest BCUT2D eigenvalue weighted by atomic mass is 9.96. The number of nitrogens with one attached hydrogen (secondary N) is 1. The number of thiocarbonyl (C=S) groups is 1. The van der Waals surface area contributed by atoms with Gasteiger partial charge in [0.15, 0.2) is 5.11 Å². The summed E-state index contributed by atoms with van der Waals surface area (Å²) in [5.41, 5.74) is 5.95. The number of hydrogen-bond acceptors (Lipinski definition) is 5. The molecular formula is C31H31N5O2S2. The number of aromatic nitrogens is 2. The maximum atomic E-state index is 11.0. The van der Waals surface area contributed by atoms with Gasteiger partial charge in [0.05, 0.1) is 22.7 Å². The van der Waals surface area contributed by atoms with Crippen LogP contribution in [0, 0.1) is 24.0 Å². The summed E-state index contributed by atoms with van der Waals surface area (Å²) >= 11 is 7.53. The van der Waals surface area contributed by atoms with Crippen molar-refractivity contribution in [2.75, 3.05) is 4.90 Å². The van der Waals surface area contributed by atoms with Crippen molar-refractivity contribution in [3.63, 3.8) is 0 Å². The molecule has 1 aliphatic carbocycles. The average Bonchev–Trinajstić information content (AvgIpc) is 3.67. The third-order valence-corrected chi connectivity index (χ3v) is 9.36. The molecule has 9 heteroatoms. The fourth-order valence-electron chi connectivity index (χ4n) is 6.22. The van der Waals surface area contributed by atoms with Gasteiger partial charge < -0.3 is 14.8 Å². The van der Waals surface area contributed by atoms with Crippen LogP contribution in [0.1, 0.15) is 66.5 Å². The van der Waals surface area contributed by atoms with Crippen molar-refractivity contribution in [1.29, 1.82) is 0 Å². The summed E-state index contributed by atoms with van der Waals surface area (Å²) in [5.74, 6) is 0. The highest BCUT2D eigenvalue weighted by molar-refractivity contribution is 7.99. The molecule has 1 N–H and O–H groups in total. The Morgan fingerprint density at radius 1 is 1.00 bits per heavy atom. The Morgan fingerprint density at radius 3 is 2.30 bits per heavy atom. The van der Waals surface area contributed by atoms with Gasteiger partial charge in [-0.25, -0.2) is 0 Å². The van der Waals surface area contributed by atoms with E-state index in [1.807, 2.05) is 18.3 Å². The fraction of sp³-hybridized carbons (Fsp3) is 0.290. The van der Waals surface area contributed by atoms with Crippen LogP contribution in [0.5, 0.6) is 0 Å². The molecule has 2 aromatic carbocycles. The smallest absolute Gasteiger partial charge is 0.269 e. The van der Waals surface area contributed by atoms with Gasteiger partial charge in [0.25, 0.3) is 5.69 Å². The van der Waals surface area contributed by atoms with E-state index >= 15 is 0 Å². The second-order valence-corrected chi connectivity index (χ2v) is 12.0. The number of nitro groups is 1. The van der Waals surface area contributed by atoms with Crippen LogP contribution in [0.2, 0.25) is 0 Å². The number of hydrogen-bond donors (Lipinski definition) is 1. The summed E-state index contributed by atoms with van der Waals surface area (Å²) in [7, 11) is 0. The van der Waals surface area contributed by atoms with Crippen LogP contribution in [-0.4, -0.2) is 19.6 Å². The van der Waals surface area contributed by atoms with E-state index in [1.165, 1.54) is 54.8 Å². The number of pyridine rings is 1. The Kier molecular flexibility index (Phi) is 7.33. The third kappa shape index (κ3) is 4.99. The zero-order valence-corrected chi connectivity index (χ0v) is 24.1. The molecule has 2 atom stereocenters. The monoisotopic (exact) mass is 569 g/mol. The van der Waals surface area contributed by atoms with Crippen LogP contribution in [0.15, 0.2) is 88.8 Å². The second-order valence-electron chi connectivity index (χ2n) is 10.5. The summed E-state index contributed by atoms with van der Waals surface area (Å²) in [6, 6.07) is 23.8. The fourth-order valence-corrected chi connectivity index (χ4v) is 7.38. The van der Waals surface area contributed by atoms with Gasteiger partial charge in [-0.05, 0) is 99.1 Å². The van der Waals surface area contributed by atoms with Gasteiger partial charge in [0.2, 0.25) is 0 Å². The molecule has 1 saturated carbocycles. The van der Waals surface area contributed by atoms with Crippen molar-refractivity contribution in [3.8, 4) is 0 Å². The molecule has 2 aromatic heterocycles. The molecule has 1 saturated heterocycles. The highest BCUT2D eigenvalue weighted by atomic mass is 32.2. The predicted molar refractivity (Wildman–Crippen MR) is 163 cm³/mol. The number of nitrogens with zero attached hydrogens (tertiary/aromatic N) is 4. The Balaban J connectivity index is 1.34. The van der Waals surface area contributed by atoms with Crippen molar-refractivity contribution < 1.29 is 4.92 Å². The summed E-state index contributed by atoms with van der Waals surface area (Å²) in [5, 5.41) is 15.3. The number of anilines is 1. The van der Waals surface area contributed by atoms with Crippen molar-refractivity contribution >= 4 is 40.5 Å². The quantitative estimate of drug-likeness (QED) is 0.138. The van der Waals surface area contributed by atoms with Gasteiger partial charge >= 0.3 is 0 Å². The molecule has 0 bridgehead atoms. The first kappa shape index (κ1) is 26.5. The molecule has 204 valence electrons. The van der Waals surface area contributed by atoms with Gasteiger partial charge in [-0.1, -0.05) is 30.7 Å². The molecular weight excluding hydrogens is 539 g/mol. The van der Waals surface area contributed by atoms with E-state index in [1.54, 1.807) is 23.9 Å². The van der Waals surface area contributed by atoms with E-state index in [-0.39, 0.29) is 22.7 Å². The van der Waals surface area contributed by atoms with E-state index in [9.17, 15) is 10.1 Å². The molecule has 0 radical (unpaired) electrons. The number of rotatable bonds is 7. The summed E-state index contributed by atoms with van der Waals surface area (Å²) in [6.07, 6.45) is 6.89. The molecule has 4 aromatic rings. The first-order valence-electron chi connectivity index (χ1n) is 13.6.